The van der Waals surface area contributed by atoms with E-state index < -0.39 is 0 Å². The predicted octanol–water partition coefficient (Wildman–Crippen LogP) is 2.73. The molecule has 22 heavy (non-hydrogen) atoms. The van der Waals surface area contributed by atoms with Crippen LogP contribution in [0.3, 0.4) is 0 Å². The lowest BCUT2D eigenvalue weighted by molar-refractivity contribution is 0.0930. The van der Waals surface area contributed by atoms with Crippen molar-refractivity contribution < 1.29 is 9.53 Å². The summed E-state index contributed by atoms with van der Waals surface area (Å²) in [7, 11) is 5.60. The SMILES string of the molecule is COc1ccc(C(=O)N[C@H](CN(C)C)c2ccccc2)cc1. The molecule has 4 nitrogen and oxygen atoms in total. The Morgan fingerprint density at radius 3 is 2.27 bits per heavy atom. The zero-order valence-corrected chi connectivity index (χ0v) is 13.2. The molecular weight excluding hydrogens is 276 g/mol. The summed E-state index contributed by atoms with van der Waals surface area (Å²) < 4.78 is 5.11. The van der Waals surface area contributed by atoms with Crippen LogP contribution < -0.4 is 10.1 Å². The number of rotatable bonds is 6. The number of carbonyl (C=O) groups excluding carboxylic acids is 1. The lowest BCUT2D eigenvalue weighted by Crippen LogP contribution is -2.35. The van der Waals surface area contributed by atoms with Gasteiger partial charge in [-0.15, -0.1) is 0 Å². The summed E-state index contributed by atoms with van der Waals surface area (Å²) >= 11 is 0. The molecule has 0 saturated carbocycles. The Morgan fingerprint density at radius 1 is 1.09 bits per heavy atom. The van der Waals surface area contributed by atoms with Crippen molar-refractivity contribution in [3.05, 3.63) is 65.7 Å². The molecule has 1 N–H and O–H groups in total. The minimum atomic E-state index is -0.0849. The van der Waals surface area contributed by atoms with Crippen molar-refractivity contribution >= 4 is 5.91 Å². The van der Waals surface area contributed by atoms with Crippen LogP contribution >= 0.6 is 0 Å². The summed E-state index contributed by atoms with van der Waals surface area (Å²) in [5.41, 5.74) is 1.72. The first-order valence-electron chi connectivity index (χ1n) is 7.24. The van der Waals surface area contributed by atoms with E-state index in [1.54, 1.807) is 31.4 Å². The number of benzene rings is 2. The molecule has 1 atom stereocenters. The van der Waals surface area contributed by atoms with Crippen LogP contribution in [0.4, 0.5) is 0 Å². The van der Waals surface area contributed by atoms with Gasteiger partial charge >= 0.3 is 0 Å². The smallest absolute Gasteiger partial charge is 0.251 e. The van der Waals surface area contributed by atoms with E-state index >= 15 is 0 Å². The summed E-state index contributed by atoms with van der Waals surface area (Å²) in [6, 6.07) is 17.1. The Kier molecular flexibility index (Phi) is 5.55. The molecular formula is C18H22N2O2. The Labute approximate surface area is 131 Å². The van der Waals surface area contributed by atoms with Gasteiger partial charge in [-0.05, 0) is 43.9 Å². The lowest BCUT2D eigenvalue weighted by Gasteiger charge is -2.23. The molecule has 0 spiro atoms. The molecule has 0 heterocycles. The fraction of sp³-hybridized carbons (Fsp3) is 0.278. The van der Waals surface area contributed by atoms with Crippen molar-refractivity contribution in [2.75, 3.05) is 27.7 Å². The second-order valence-corrected chi connectivity index (χ2v) is 5.43. The number of ether oxygens (including phenoxy) is 1. The molecule has 0 unspecified atom stereocenters. The molecule has 4 heteroatoms. The van der Waals surface area contributed by atoms with E-state index in [4.69, 9.17) is 4.74 Å². The van der Waals surface area contributed by atoms with E-state index in [-0.39, 0.29) is 11.9 Å². The molecule has 0 aliphatic heterocycles. The van der Waals surface area contributed by atoms with Gasteiger partial charge in [-0.3, -0.25) is 4.79 Å². The first-order valence-corrected chi connectivity index (χ1v) is 7.24. The second kappa shape index (κ2) is 7.61. The lowest BCUT2D eigenvalue weighted by atomic mass is 10.1. The number of hydrogen-bond donors (Lipinski definition) is 1. The minimum Gasteiger partial charge on any atom is -0.497 e. The van der Waals surface area contributed by atoms with Gasteiger partial charge in [0.25, 0.3) is 5.91 Å². The summed E-state index contributed by atoms with van der Waals surface area (Å²) in [6.45, 7) is 0.742. The maximum Gasteiger partial charge on any atom is 0.251 e. The van der Waals surface area contributed by atoms with E-state index in [0.717, 1.165) is 17.9 Å². The van der Waals surface area contributed by atoms with Gasteiger partial charge in [-0.2, -0.15) is 0 Å². The van der Waals surface area contributed by atoms with Gasteiger partial charge in [0.1, 0.15) is 5.75 Å². The third-order valence-corrected chi connectivity index (χ3v) is 3.41. The van der Waals surface area contributed by atoms with E-state index in [1.807, 2.05) is 44.4 Å². The van der Waals surface area contributed by atoms with Crippen molar-refractivity contribution in [2.24, 2.45) is 0 Å². The van der Waals surface area contributed by atoms with Crippen molar-refractivity contribution in [3.8, 4) is 5.75 Å². The van der Waals surface area contributed by atoms with Crippen LogP contribution in [0.2, 0.25) is 0 Å². The Balaban J connectivity index is 2.13. The quantitative estimate of drug-likeness (QED) is 0.891. The number of hydrogen-bond acceptors (Lipinski definition) is 3. The highest BCUT2D eigenvalue weighted by Gasteiger charge is 2.16. The predicted molar refractivity (Wildman–Crippen MR) is 88.2 cm³/mol. The van der Waals surface area contributed by atoms with Crippen molar-refractivity contribution in [3.63, 3.8) is 0 Å². The molecule has 0 radical (unpaired) electrons. The molecule has 0 aromatic heterocycles. The van der Waals surface area contributed by atoms with Crippen molar-refractivity contribution in [1.82, 2.24) is 10.2 Å². The van der Waals surface area contributed by atoms with Crippen LogP contribution in [0.1, 0.15) is 22.0 Å². The highest BCUT2D eigenvalue weighted by atomic mass is 16.5. The van der Waals surface area contributed by atoms with Crippen molar-refractivity contribution in [2.45, 2.75) is 6.04 Å². The average molecular weight is 298 g/mol. The maximum absolute atomic E-state index is 12.4. The van der Waals surface area contributed by atoms with Crippen LogP contribution in [-0.2, 0) is 0 Å². The van der Waals surface area contributed by atoms with Gasteiger partial charge in [0.05, 0.1) is 13.2 Å². The van der Waals surface area contributed by atoms with E-state index in [9.17, 15) is 4.79 Å². The summed E-state index contributed by atoms with van der Waals surface area (Å²) in [5, 5.41) is 3.10. The number of methoxy groups -OCH3 is 1. The Hall–Kier alpha value is -2.33. The van der Waals surface area contributed by atoms with E-state index in [2.05, 4.69) is 10.2 Å². The highest BCUT2D eigenvalue weighted by Crippen LogP contribution is 2.16. The fourth-order valence-corrected chi connectivity index (χ4v) is 2.27. The van der Waals surface area contributed by atoms with Gasteiger partial charge in [-0.1, -0.05) is 30.3 Å². The number of likely N-dealkylation sites (N-methyl/N-ethyl adjacent to an activating group) is 1. The molecule has 2 aromatic carbocycles. The summed E-state index contributed by atoms with van der Waals surface area (Å²) in [4.78, 5) is 14.5. The molecule has 1 amide bonds. The van der Waals surface area contributed by atoms with Gasteiger partial charge in [0, 0.05) is 12.1 Å². The van der Waals surface area contributed by atoms with Crippen LogP contribution in [-0.4, -0.2) is 38.6 Å². The molecule has 0 aliphatic carbocycles. The van der Waals surface area contributed by atoms with Crippen LogP contribution in [0.5, 0.6) is 5.75 Å². The Morgan fingerprint density at radius 2 is 1.73 bits per heavy atom. The molecule has 2 aromatic rings. The molecule has 116 valence electrons. The number of amides is 1. The van der Waals surface area contributed by atoms with Crippen LogP contribution in [0.15, 0.2) is 54.6 Å². The second-order valence-electron chi connectivity index (χ2n) is 5.43. The maximum atomic E-state index is 12.4. The third-order valence-electron chi connectivity index (χ3n) is 3.41. The Bertz CT molecular complexity index is 594. The molecule has 0 saturated heterocycles. The van der Waals surface area contributed by atoms with Crippen LogP contribution in [0.25, 0.3) is 0 Å². The van der Waals surface area contributed by atoms with Gasteiger partial charge in [0.2, 0.25) is 0 Å². The largest absolute Gasteiger partial charge is 0.497 e. The van der Waals surface area contributed by atoms with Gasteiger partial charge in [0.15, 0.2) is 0 Å². The monoisotopic (exact) mass is 298 g/mol. The number of nitrogens with zero attached hydrogens (tertiary/aromatic N) is 1. The zero-order chi connectivity index (χ0) is 15.9. The molecule has 0 bridgehead atoms. The first-order chi connectivity index (χ1) is 10.6. The highest BCUT2D eigenvalue weighted by molar-refractivity contribution is 5.94. The van der Waals surface area contributed by atoms with Gasteiger partial charge < -0.3 is 15.0 Å². The number of carbonyl (C=O) groups is 1. The molecule has 0 aliphatic rings. The molecule has 0 fully saturated rings. The van der Waals surface area contributed by atoms with Crippen molar-refractivity contribution in [1.29, 1.82) is 0 Å². The standard InChI is InChI=1S/C18H22N2O2/c1-20(2)13-17(14-7-5-4-6-8-14)19-18(21)15-9-11-16(22-3)12-10-15/h4-12,17H,13H2,1-3H3,(H,19,21)/t17-/m1/s1. The fourth-order valence-electron chi connectivity index (χ4n) is 2.27. The summed E-state index contributed by atoms with van der Waals surface area (Å²) in [5.74, 6) is 0.655. The van der Waals surface area contributed by atoms with Crippen LogP contribution in [0, 0.1) is 0 Å². The topological polar surface area (TPSA) is 41.6 Å². The number of nitrogens with one attached hydrogen (secondary N) is 1. The normalized spacial score (nSPS) is 12.0. The van der Waals surface area contributed by atoms with Gasteiger partial charge in [-0.25, -0.2) is 0 Å². The first kappa shape index (κ1) is 16.0. The summed E-state index contributed by atoms with van der Waals surface area (Å²) in [6.07, 6.45) is 0. The molecule has 2 rings (SSSR count). The van der Waals surface area contributed by atoms with E-state index in [0.29, 0.717) is 5.56 Å². The third kappa shape index (κ3) is 4.33. The zero-order valence-electron chi connectivity index (χ0n) is 13.2. The minimum absolute atomic E-state index is 0.0502. The average Bonchev–Trinajstić information content (AvgIpc) is 2.54. The van der Waals surface area contributed by atoms with E-state index in [1.165, 1.54) is 0 Å².